The Morgan fingerprint density at radius 2 is 1.79 bits per heavy atom. The van der Waals surface area contributed by atoms with Crippen LogP contribution in [0.25, 0.3) is 0 Å². The number of methoxy groups -OCH3 is 1. The molecule has 2 aromatic rings. The van der Waals surface area contributed by atoms with Gasteiger partial charge in [-0.1, -0.05) is 29.8 Å². The summed E-state index contributed by atoms with van der Waals surface area (Å²) in [6.45, 7) is 3.40. The van der Waals surface area contributed by atoms with E-state index in [-0.39, 0.29) is 18.2 Å². The molecule has 0 spiro atoms. The maximum absolute atomic E-state index is 11.6. The summed E-state index contributed by atoms with van der Waals surface area (Å²) in [5, 5.41) is 0.695. The van der Waals surface area contributed by atoms with Crippen molar-refractivity contribution in [2.45, 2.75) is 76.5 Å². The summed E-state index contributed by atoms with van der Waals surface area (Å²) < 4.78 is 23.9. The Balaban J connectivity index is 1.31. The molecule has 5 unspecified atom stereocenters. The van der Waals surface area contributed by atoms with Crippen LogP contribution in [0.15, 0.2) is 42.5 Å². The first kappa shape index (κ1) is 23.7. The van der Waals surface area contributed by atoms with Crippen LogP contribution in [0, 0.1) is 11.8 Å². The van der Waals surface area contributed by atoms with Gasteiger partial charge in [-0.3, -0.25) is 4.79 Å². The van der Waals surface area contributed by atoms with E-state index < -0.39 is 5.79 Å². The van der Waals surface area contributed by atoms with Gasteiger partial charge in [0.1, 0.15) is 11.9 Å². The van der Waals surface area contributed by atoms with Crippen molar-refractivity contribution in [3.8, 4) is 5.75 Å². The third kappa shape index (κ3) is 5.12. The van der Waals surface area contributed by atoms with Crippen LogP contribution in [0.3, 0.4) is 0 Å². The van der Waals surface area contributed by atoms with Crippen molar-refractivity contribution in [1.82, 2.24) is 0 Å². The monoisotopic (exact) mass is 484 g/mol. The topological polar surface area (TPSA) is 54.0 Å². The number of fused-ring (bicyclic) bond motifs is 1. The summed E-state index contributed by atoms with van der Waals surface area (Å²) in [6.07, 6.45) is 5.56. The Morgan fingerprint density at radius 3 is 2.47 bits per heavy atom. The summed E-state index contributed by atoms with van der Waals surface area (Å²) in [6, 6.07) is 14.2. The van der Waals surface area contributed by atoms with Gasteiger partial charge in [0.25, 0.3) is 0 Å². The number of halogens is 1. The largest absolute Gasteiger partial charge is 0.490 e. The molecule has 5 nitrogen and oxygen atoms in total. The summed E-state index contributed by atoms with van der Waals surface area (Å²) >= 11 is 6.59. The lowest BCUT2D eigenvalue weighted by Gasteiger charge is -2.42. The fourth-order valence-electron chi connectivity index (χ4n) is 5.73. The Labute approximate surface area is 206 Å². The molecule has 0 bridgehead atoms. The number of rotatable bonds is 7. The van der Waals surface area contributed by atoms with E-state index >= 15 is 0 Å². The first-order valence-corrected chi connectivity index (χ1v) is 12.7. The van der Waals surface area contributed by atoms with Crippen molar-refractivity contribution in [3.63, 3.8) is 0 Å². The van der Waals surface area contributed by atoms with E-state index in [1.165, 1.54) is 26.2 Å². The van der Waals surface area contributed by atoms with Gasteiger partial charge in [-0.15, -0.1) is 0 Å². The molecule has 0 N–H and O–H groups in total. The van der Waals surface area contributed by atoms with E-state index in [1.54, 1.807) is 7.11 Å². The molecular formula is C28H33ClO5. The van der Waals surface area contributed by atoms with Gasteiger partial charge in [0, 0.05) is 37.5 Å². The van der Waals surface area contributed by atoms with Crippen LogP contribution >= 0.6 is 11.6 Å². The second kappa shape index (κ2) is 9.52. The lowest BCUT2D eigenvalue weighted by Crippen LogP contribution is -2.45. The van der Waals surface area contributed by atoms with E-state index in [1.807, 2.05) is 25.1 Å². The summed E-state index contributed by atoms with van der Waals surface area (Å²) in [5.74, 6) is 1.48. The Kier molecular flexibility index (Phi) is 6.62. The minimum absolute atomic E-state index is 0.115. The maximum atomic E-state index is 11.6. The van der Waals surface area contributed by atoms with Crippen LogP contribution < -0.4 is 4.74 Å². The normalized spacial score (nSPS) is 32.2. The van der Waals surface area contributed by atoms with Crippen LogP contribution in [-0.4, -0.2) is 31.4 Å². The molecule has 0 radical (unpaired) electrons. The molecule has 6 heteroatoms. The second-order valence-electron chi connectivity index (χ2n) is 10.2. The predicted octanol–water partition coefficient (Wildman–Crippen LogP) is 6.04. The zero-order valence-corrected chi connectivity index (χ0v) is 20.8. The number of carbonyl (C=O) groups excluding carboxylic acids is 1. The van der Waals surface area contributed by atoms with E-state index in [0.29, 0.717) is 30.4 Å². The van der Waals surface area contributed by atoms with Gasteiger partial charge in [0.05, 0.1) is 12.2 Å². The van der Waals surface area contributed by atoms with Crippen LogP contribution in [0.5, 0.6) is 5.75 Å². The van der Waals surface area contributed by atoms with E-state index in [9.17, 15) is 4.79 Å². The number of benzene rings is 2. The van der Waals surface area contributed by atoms with Gasteiger partial charge in [-0.2, -0.15) is 0 Å². The van der Waals surface area contributed by atoms with Crippen molar-refractivity contribution in [2.75, 3.05) is 7.11 Å². The molecular weight excluding hydrogens is 452 g/mol. The molecule has 3 fully saturated rings. The molecule has 3 aliphatic rings. The Bertz CT molecular complexity index is 1030. The second-order valence-corrected chi connectivity index (χ2v) is 10.6. The van der Waals surface area contributed by atoms with Gasteiger partial charge in [0.2, 0.25) is 0 Å². The molecule has 2 aliphatic carbocycles. The fraction of sp³-hybridized carbons (Fsp3) is 0.536. The molecule has 5 atom stereocenters. The average Bonchev–Trinajstić information content (AvgIpc) is 3.41. The molecule has 0 amide bonds. The Morgan fingerprint density at radius 1 is 1.06 bits per heavy atom. The van der Waals surface area contributed by atoms with Crippen LogP contribution in [-0.2, 0) is 31.2 Å². The van der Waals surface area contributed by atoms with Crippen LogP contribution in [0.2, 0.25) is 5.02 Å². The van der Waals surface area contributed by atoms with Gasteiger partial charge in [0.15, 0.2) is 5.79 Å². The number of esters is 1. The third-order valence-electron chi connectivity index (χ3n) is 7.45. The van der Waals surface area contributed by atoms with Crippen molar-refractivity contribution >= 4 is 17.6 Å². The van der Waals surface area contributed by atoms with Gasteiger partial charge in [-0.05, 0) is 79.8 Å². The number of carbonyl (C=O) groups is 1. The third-order valence-corrected chi connectivity index (χ3v) is 7.82. The molecule has 1 heterocycles. The highest BCUT2D eigenvalue weighted by atomic mass is 35.5. The summed E-state index contributed by atoms with van der Waals surface area (Å²) in [7, 11) is 1.63. The van der Waals surface area contributed by atoms with Crippen LogP contribution in [0.1, 0.15) is 62.6 Å². The molecule has 1 saturated heterocycles. The lowest BCUT2D eigenvalue weighted by atomic mass is 9.91. The molecule has 182 valence electrons. The predicted molar refractivity (Wildman–Crippen MR) is 130 cm³/mol. The smallest absolute Gasteiger partial charge is 0.302 e. The summed E-state index contributed by atoms with van der Waals surface area (Å²) in [4.78, 5) is 11.6. The molecule has 0 aromatic heterocycles. The van der Waals surface area contributed by atoms with Crippen molar-refractivity contribution in [1.29, 1.82) is 0 Å². The fourth-order valence-corrected chi connectivity index (χ4v) is 5.92. The van der Waals surface area contributed by atoms with Gasteiger partial charge in [-0.25, -0.2) is 0 Å². The molecule has 2 saturated carbocycles. The van der Waals surface area contributed by atoms with E-state index in [2.05, 4.69) is 24.3 Å². The van der Waals surface area contributed by atoms with Crippen molar-refractivity contribution in [2.24, 2.45) is 11.8 Å². The van der Waals surface area contributed by atoms with Crippen LogP contribution in [0.4, 0.5) is 0 Å². The molecule has 5 rings (SSSR count). The van der Waals surface area contributed by atoms with Gasteiger partial charge < -0.3 is 18.9 Å². The zero-order valence-electron chi connectivity index (χ0n) is 20.1. The Hall–Kier alpha value is -2.08. The number of ether oxygens (including phenoxy) is 4. The van der Waals surface area contributed by atoms with E-state index in [4.69, 9.17) is 30.5 Å². The first-order chi connectivity index (χ1) is 16.3. The summed E-state index contributed by atoms with van der Waals surface area (Å²) in [5.41, 5.74) is 3.02. The van der Waals surface area contributed by atoms with Gasteiger partial charge >= 0.3 is 5.97 Å². The van der Waals surface area contributed by atoms with E-state index in [0.717, 1.165) is 34.3 Å². The average molecular weight is 485 g/mol. The minimum atomic E-state index is -0.989. The zero-order chi connectivity index (χ0) is 23.9. The SMILES string of the molecule is COC1(c2ccc(Cl)c(Cc3ccc(OC4CC5CC5C4)cc3)c2)CC(OC(C)=O)CC(C)O1. The van der Waals surface area contributed by atoms with Crippen molar-refractivity contribution in [3.05, 3.63) is 64.2 Å². The number of hydrogen-bond acceptors (Lipinski definition) is 5. The lowest BCUT2D eigenvalue weighted by molar-refractivity contribution is -0.292. The maximum Gasteiger partial charge on any atom is 0.302 e. The standard InChI is InChI=1S/C28H33ClO5/c1-17-10-26(32-18(2)30)16-28(31-3,34-17)23-6-9-27(29)22(13-23)11-19-4-7-24(8-5-19)33-25-14-20-12-21(20)15-25/h4-9,13,17,20-21,25-26H,10-12,14-16H2,1-3H3. The van der Waals surface area contributed by atoms with Crippen molar-refractivity contribution < 1.29 is 23.7 Å². The molecule has 1 aliphatic heterocycles. The number of hydrogen-bond donors (Lipinski definition) is 0. The minimum Gasteiger partial charge on any atom is -0.490 e. The molecule has 34 heavy (non-hydrogen) atoms. The highest BCUT2D eigenvalue weighted by Crippen LogP contribution is 2.52. The molecule has 2 aromatic carbocycles. The first-order valence-electron chi connectivity index (χ1n) is 12.3. The quantitative estimate of drug-likeness (QED) is 0.448. The highest BCUT2D eigenvalue weighted by molar-refractivity contribution is 6.31. The highest BCUT2D eigenvalue weighted by Gasteiger charge is 2.47.